The lowest BCUT2D eigenvalue weighted by Crippen LogP contribution is -2.36. The summed E-state index contributed by atoms with van der Waals surface area (Å²) in [6.07, 6.45) is 16.6. The van der Waals surface area contributed by atoms with Gasteiger partial charge in [-0.2, -0.15) is 0 Å². The second kappa shape index (κ2) is 16.3. The van der Waals surface area contributed by atoms with Crippen LogP contribution in [0.2, 0.25) is 0 Å². The van der Waals surface area contributed by atoms with Gasteiger partial charge in [-0.05, 0) is 62.5 Å². The Bertz CT molecular complexity index is 788. The molecule has 0 bridgehead atoms. The van der Waals surface area contributed by atoms with Crippen LogP contribution >= 0.6 is 0 Å². The summed E-state index contributed by atoms with van der Waals surface area (Å²) in [7, 11) is 0. The lowest BCUT2D eigenvalue weighted by Gasteiger charge is -2.37. The summed E-state index contributed by atoms with van der Waals surface area (Å²) in [6.45, 7) is 3.18. The van der Waals surface area contributed by atoms with Crippen molar-refractivity contribution in [3.63, 3.8) is 0 Å². The second-order valence-electron chi connectivity index (χ2n) is 10.8. The molecule has 2 unspecified atom stereocenters. The molecule has 0 amide bonds. The van der Waals surface area contributed by atoms with E-state index < -0.39 is 0 Å². The maximum Gasteiger partial charge on any atom is 0.157 e. The fourth-order valence-corrected chi connectivity index (χ4v) is 5.76. The van der Waals surface area contributed by atoms with Crippen LogP contribution < -0.4 is 0 Å². The summed E-state index contributed by atoms with van der Waals surface area (Å²) < 4.78 is 24.0. The molecule has 2 atom stereocenters. The molecule has 0 aromatic heterocycles. The van der Waals surface area contributed by atoms with Gasteiger partial charge in [0.05, 0.1) is 6.61 Å². The van der Waals surface area contributed by atoms with Crippen LogP contribution in [-0.2, 0) is 24.4 Å². The van der Waals surface area contributed by atoms with Gasteiger partial charge in [0.1, 0.15) is 0 Å². The van der Waals surface area contributed by atoms with Crippen molar-refractivity contribution in [2.75, 3.05) is 26.4 Å². The molecule has 2 fully saturated rings. The number of benzene rings is 2. The van der Waals surface area contributed by atoms with Crippen LogP contribution in [0.5, 0.6) is 0 Å². The average Bonchev–Trinajstić information content (AvgIpc) is 2.98. The Hall–Kier alpha value is -1.72. The molecular weight excluding hydrogens is 460 g/mol. The minimum absolute atomic E-state index is 0.0527. The number of ether oxygens (including phenoxy) is 4. The van der Waals surface area contributed by atoms with E-state index in [1.165, 1.54) is 68.9 Å². The van der Waals surface area contributed by atoms with E-state index >= 15 is 0 Å². The van der Waals surface area contributed by atoms with Gasteiger partial charge in [0.2, 0.25) is 0 Å². The van der Waals surface area contributed by atoms with Crippen molar-refractivity contribution in [3.8, 4) is 0 Å². The summed E-state index contributed by atoms with van der Waals surface area (Å²) in [5.41, 5.74) is 2.54. The van der Waals surface area contributed by atoms with Crippen molar-refractivity contribution < 1.29 is 18.9 Å². The zero-order chi connectivity index (χ0) is 25.4. The Kier molecular flexibility index (Phi) is 12.5. The van der Waals surface area contributed by atoms with Crippen LogP contribution in [0.15, 0.2) is 60.7 Å². The topological polar surface area (TPSA) is 36.9 Å². The maximum absolute atomic E-state index is 6.49. The van der Waals surface area contributed by atoms with Crippen LogP contribution in [-0.4, -0.2) is 39.0 Å². The minimum Gasteiger partial charge on any atom is -0.353 e. The van der Waals surface area contributed by atoms with Crippen molar-refractivity contribution in [2.24, 2.45) is 0 Å². The van der Waals surface area contributed by atoms with E-state index in [4.69, 9.17) is 18.9 Å². The van der Waals surface area contributed by atoms with Crippen LogP contribution in [0.3, 0.4) is 0 Å². The molecule has 2 saturated heterocycles. The molecule has 4 rings (SSSR count). The Morgan fingerprint density at radius 1 is 0.595 bits per heavy atom. The molecule has 204 valence electrons. The van der Waals surface area contributed by atoms with Gasteiger partial charge < -0.3 is 18.9 Å². The molecule has 0 spiro atoms. The quantitative estimate of drug-likeness (QED) is 0.214. The van der Waals surface area contributed by atoms with Crippen molar-refractivity contribution >= 4 is 0 Å². The molecule has 0 N–H and O–H groups in total. The predicted octanol–water partition coefficient (Wildman–Crippen LogP) is 8.18. The number of rotatable bonds is 16. The highest BCUT2D eigenvalue weighted by Crippen LogP contribution is 2.38. The molecule has 2 aromatic rings. The largest absolute Gasteiger partial charge is 0.353 e. The second-order valence-corrected chi connectivity index (χ2v) is 10.8. The van der Waals surface area contributed by atoms with E-state index in [-0.39, 0.29) is 18.0 Å². The molecule has 2 aromatic carbocycles. The van der Waals surface area contributed by atoms with E-state index in [2.05, 4.69) is 60.7 Å². The van der Waals surface area contributed by atoms with Crippen LogP contribution in [0, 0.1) is 0 Å². The molecule has 0 aliphatic carbocycles. The number of hydrogen-bond donors (Lipinski definition) is 0. The lowest BCUT2D eigenvalue weighted by molar-refractivity contribution is -0.170. The van der Waals surface area contributed by atoms with Crippen molar-refractivity contribution in [1.29, 1.82) is 0 Å². The molecule has 4 nitrogen and oxygen atoms in total. The van der Waals surface area contributed by atoms with E-state index in [0.29, 0.717) is 6.61 Å². The monoisotopic (exact) mass is 508 g/mol. The third-order valence-electron chi connectivity index (χ3n) is 8.00. The summed E-state index contributed by atoms with van der Waals surface area (Å²) in [5, 5.41) is 0. The van der Waals surface area contributed by atoms with Crippen LogP contribution in [0.1, 0.15) is 101 Å². The Labute approximate surface area is 225 Å². The Morgan fingerprint density at radius 3 is 1.65 bits per heavy atom. The van der Waals surface area contributed by atoms with Crippen molar-refractivity contribution in [3.05, 3.63) is 71.8 Å². The van der Waals surface area contributed by atoms with Gasteiger partial charge >= 0.3 is 0 Å². The molecule has 2 aliphatic heterocycles. The highest BCUT2D eigenvalue weighted by Gasteiger charge is 2.35. The van der Waals surface area contributed by atoms with E-state index in [1.54, 1.807) is 0 Å². The zero-order valence-electron chi connectivity index (χ0n) is 22.8. The molecule has 0 saturated carbocycles. The summed E-state index contributed by atoms with van der Waals surface area (Å²) in [5.74, 6) is 0. The first kappa shape index (κ1) is 28.3. The first-order valence-corrected chi connectivity index (χ1v) is 14.9. The minimum atomic E-state index is -0.151. The fraction of sp³-hybridized carbons (Fsp3) is 0.636. The Balaban J connectivity index is 1.25. The number of unbranched alkanes of at least 4 members (excludes halogenated alkanes) is 6. The first-order valence-electron chi connectivity index (χ1n) is 14.9. The van der Waals surface area contributed by atoms with E-state index in [1.807, 2.05) is 0 Å². The highest BCUT2D eigenvalue weighted by atomic mass is 16.7. The zero-order valence-corrected chi connectivity index (χ0v) is 22.8. The molecule has 2 aliphatic rings. The van der Waals surface area contributed by atoms with Gasteiger partial charge in [0, 0.05) is 25.2 Å². The maximum atomic E-state index is 6.49. The van der Waals surface area contributed by atoms with E-state index in [0.717, 1.165) is 51.9 Å². The first-order chi connectivity index (χ1) is 18.4. The standard InChI is InChI=1S/C33H48O4/c1(3-5-15-25-34-31-22-12-16-26-35-31)2-4-14-24-33(29-18-8-6-9-19-29,30-20-10-7-11-21-30)28-37-32-23-13-17-27-36-32/h6-11,18-21,31-32H,1-5,12-17,22-28H2. The third-order valence-corrected chi connectivity index (χ3v) is 8.00. The van der Waals surface area contributed by atoms with E-state index in [9.17, 15) is 0 Å². The van der Waals surface area contributed by atoms with Gasteiger partial charge in [0.25, 0.3) is 0 Å². The van der Waals surface area contributed by atoms with Gasteiger partial charge in [-0.1, -0.05) is 99.2 Å². The van der Waals surface area contributed by atoms with Crippen molar-refractivity contribution in [2.45, 2.75) is 108 Å². The molecule has 4 heteroatoms. The van der Waals surface area contributed by atoms with Gasteiger partial charge in [0.15, 0.2) is 12.6 Å². The lowest BCUT2D eigenvalue weighted by atomic mass is 9.71. The molecule has 2 heterocycles. The predicted molar refractivity (Wildman–Crippen MR) is 150 cm³/mol. The molecular formula is C33H48O4. The molecule has 37 heavy (non-hydrogen) atoms. The summed E-state index contributed by atoms with van der Waals surface area (Å²) in [4.78, 5) is 0. The van der Waals surface area contributed by atoms with Crippen LogP contribution in [0.25, 0.3) is 0 Å². The van der Waals surface area contributed by atoms with Gasteiger partial charge in [-0.15, -0.1) is 0 Å². The normalized spacial score (nSPS) is 20.6. The fourth-order valence-electron chi connectivity index (χ4n) is 5.76. The SMILES string of the molecule is c1ccc(C(CCCCCCCCCOC2CCCCO2)(COC2CCCCO2)c2ccccc2)cc1. The third kappa shape index (κ3) is 9.21. The van der Waals surface area contributed by atoms with Crippen molar-refractivity contribution in [1.82, 2.24) is 0 Å². The number of hydrogen-bond acceptors (Lipinski definition) is 4. The summed E-state index contributed by atoms with van der Waals surface area (Å²) >= 11 is 0. The molecule has 0 radical (unpaired) electrons. The van der Waals surface area contributed by atoms with Gasteiger partial charge in [-0.3, -0.25) is 0 Å². The average molecular weight is 509 g/mol. The highest BCUT2D eigenvalue weighted by molar-refractivity contribution is 5.39. The van der Waals surface area contributed by atoms with Gasteiger partial charge in [-0.25, -0.2) is 0 Å². The Morgan fingerprint density at radius 2 is 1.11 bits per heavy atom. The van der Waals surface area contributed by atoms with Crippen LogP contribution in [0.4, 0.5) is 0 Å². The smallest absolute Gasteiger partial charge is 0.157 e. The summed E-state index contributed by atoms with van der Waals surface area (Å²) in [6, 6.07) is 22.0.